The first-order valence-corrected chi connectivity index (χ1v) is 5.33. The quantitative estimate of drug-likeness (QED) is 0.781. The molecule has 0 bridgehead atoms. The molecule has 0 saturated carbocycles. The van der Waals surface area contributed by atoms with E-state index in [2.05, 4.69) is 19.9 Å². The molecule has 80 valence electrons. The summed E-state index contributed by atoms with van der Waals surface area (Å²) < 4.78 is 5.51. The van der Waals surface area contributed by atoms with Gasteiger partial charge in [-0.05, 0) is 30.5 Å². The lowest BCUT2D eigenvalue weighted by atomic mass is 10.1. The summed E-state index contributed by atoms with van der Waals surface area (Å²) in [6.45, 7) is 4.90. The first-order valence-electron chi connectivity index (χ1n) is 4.96. The number of halogens is 1. The number of hydrogen-bond donors (Lipinski definition) is 0. The maximum absolute atomic E-state index is 8.86. The molecule has 15 heavy (non-hydrogen) atoms. The fourth-order valence-electron chi connectivity index (χ4n) is 1.12. The minimum atomic E-state index is 0.492. The minimum absolute atomic E-state index is 0.492. The van der Waals surface area contributed by atoms with Gasteiger partial charge in [-0.15, -0.1) is 0 Å². The molecule has 0 saturated heterocycles. The third-order valence-electron chi connectivity index (χ3n) is 2.01. The van der Waals surface area contributed by atoms with Gasteiger partial charge in [0.1, 0.15) is 11.8 Å². The van der Waals surface area contributed by atoms with E-state index in [0.717, 1.165) is 6.42 Å². The van der Waals surface area contributed by atoms with Crippen LogP contribution in [0.15, 0.2) is 18.2 Å². The highest BCUT2D eigenvalue weighted by atomic mass is 35.5. The van der Waals surface area contributed by atoms with Crippen LogP contribution in [0.2, 0.25) is 5.02 Å². The first-order chi connectivity index (χ1) is 7.13. The Kier molecular flexibility index (Phi) is 4.45. The van der Waals surface area contributed by atoms with Gasteiger partial charge in [0.2, 0.25) is 0 Å². The van der Waals surface area contributed by atoms with E-state index in [0.29, 0.717) is 28.9 Å². The summed E-state index contributed by atoms with van der Waals surface area (Å²) in [7, 11) is 0. The number of ether oxygens (including phenoxy) is 1. The van der Waals surface area contributed by atoms with Gasteiger partial charge in [-0.1, -0.05) is 25.4 Å². The van der Waals surface area contributed by atoms with Crippen molar-refractivity contribution in [3.8, 4) is 11.8 Å². The predicted molar refractivity (Wildman–Crippen MR) is 61.1 cm³/mol. The van der Waals surface area contributed by atoms with Crippen molar-refractivity contribution in [1.82, 2.24) is 0 Å². The Bertz CT molecular complexity index is 368. The van der Waals surface area contributed by atoms with E-state index in [1.807, 2.05) is 0 Å². The van der Waals surface area contributed by atoms with Crippen molar-refractivity contribution < 1.29 is 4.74 Å². The predicted octanol–water partition coefficient (Wildman–Crippen LogP) is 3.64. The molecule has 0 atom stereocenters. The molecule has 0 radical (unpaired) electrons. The molecule has 1 aromatic rings. The van der Waals surface area contributed by atoms with E-state index in [-0.39, 0.29) is 0 Å². The molecule has 0 aliphatic heterocycles. The van der Waals surface area contributed by atoms with Crippen LogP contribution in [0, 0.1) is 17.2 Å². The molecular formula is C12H14ClNO. The van der Waals surface area contributed by atoms with E-state index in [1.165, 1.54) is 0 Å². The number of rotatable bonds is 4. The average molecular weight is 224 g/mol. The fourth-order valence-corrected chi connectivity index (χ4v) is 1.29. The number of nitriles is 1. The van der Waals surface area contributed by atoms with Crippen LogP contribution in [-0.4, -0.2) is 6.61 Å². The highest BCUT2D eigenvalue weighted by Crippen LogP contribution is 2.22. The van der Waals surface area contributed by atoms with Crippen molar-refractivity contribution in [2.45, 2.75) is 20.3 Å². The lowest BCUT2D eigenvalue weighted by Crippen LogP contribution is -2.02. The van der Waals surface area contributed by atoms with Crippen molar-refractivity contribution in [2.75, 3.05) is 6.61 Å². The summed E-state index contributed by atoms with van der Waals surface area (Å²) in [6, 6.07) is 7.15. The van der Waals surface area contributed by atoms with Gasteiger partial charge in [-0.25, -0.2) is 0 Å². The smallest absolute Gasteiger partial charge is 0.137 e. The zero-order valence-corrected chi connectivity index (χ0v) is 9.71. The van der Waals surface area contributed by atoms with Crippen LogP contribution in [0.4, 0.5) is 0 Å². The van der Waals surface area contributed by atoms with E-state index >= 15 is 0 Å². The molecule has 0 spiro atoms. The molecule has 3 heteroatoms. The van der Waals surface area contributed by atoms with Gasteiger partial charge in [0.25, 0.3) is 0 Å². The molecule has 0 N–H and O–H groups in total. The van der Waals surface area contributed by atoms with E-state index in [1.54, 1.807) is 18.2 Å². The third-order valence-corrected chi connectivity index (χ3v) is 2.25. The molecule has 0 amide bonds. The highest BCUT2D eigenvalue weighted by molar-refractivity contribution is 6.30. The number of nitrogens with zero attached hydrogens (tertiary/aromatic N) is 1. The lowest BCUT2D eigenvalue weighted by molar-refractivity contribution is 0.289. The van der Waals surface area contributed by atoms with Crippen LogP contribution >= 0.6 is 11.6 Å². The minimum Gasteiger partial charge on any atom is -0.492 e. The molecule has 0 unspecified atom stereocenters. The second-order valence-electron chi connectivity index (χ2n) is 3.78. The Morgan fingerprint density at radius 3 is 2.80 bits per heavy atom. The number of hydrogen-bond acceptors (Lipinski definition) is 2. The second-order valence-corrected chi connectivity index (χ2v) is 4.22. The Morgan fingerprint density at radius 1 is 1.47 bits per heavy atom. The van der Waals surface area contributed by atoms with Crippen LogP contribution in [0.25, 0.3) is 0 Å². The SMILES string of the molecule is CC(C)CCOc1ccc(Cl)cc1C#N. The molecule has 0 aliphatic rings. The molecule has 1 rings (SSSR count). The van der Waals surface area contributed by atoms with Gasteiger partial charge in [-0.3, -0.25) is 0 Å². The monoisotopic (exact) mass is 223 g/mol. The lowest BCUT2D eigenvalue weighted by Gasteiger charge is -2.09. The second kappa shape index (κ2) is 5.63. The molecule has 0 heterocycles. The van der Waals surface area contributed by atoms with Gasteiger partial charge in [0.05, 0.1) is 12.2 Å². The number of benzene rings is 1. The molecule has 0 fully saturated rings. The average Bonchev–Trinajstić information content (AvgIpc) is 2.19. The van der Waals surface area contributed by atoms with Gasteiger partial charge in [0, 0.05) is 5.02 Å². The van der Waals surface area contributed by atoms with Crippen LogP contribution in [0.3, 0.4) is 0 Å². The summed E-state index contributed by atoms with van der Waals surface area (Å²) >= 11 is 5.77. The Hall–Kier alpha value is -1.20. The normalized spacial score (nSPS) is 10.1. The highest BCUT2D eigenvalue weighted by Gasteiger charge is 2.04. The van der Waals surface area contributed by atoms with Crippen LogP contribution < -0.4 is 4.74 Å². The van der Waals surface area contributed by atoms with E-state index in [4.69, 9.17) is 21.6 Å². The largest absolute Gasteiger partial charge is 0.492 e. The Labute approximate surface area is 95.4 Å². The standard InChI is InChI=1S/C12H14ClNO/c1-9(2)5-6-15-12-4-3-11(13)7-10(12)8-14/h3-4,7,9H,5-6H2,1-2H3. The molecule has 0 aliphatic carbocycles. The molecule has 1 aromatic carbocycles. The summed E-state index contributed by atoms with van der Waals surface area (Å²) in [5.74, 6) is 1.21. The van der Waals surface area contributed by atoms with Crippen molar-refractivity contribution in [3.63, 3.8) is 0 Å². The van der Waals surface area contributed by atoms with Crippen molar-refractivity contribution >= 4 is 11.6 Å². The summed E-state index contributed by atoms with van der Waals surface area (Å²) in [4.78, 5) is 0. The maximum Gasteiger partial charge on any atom is 0.137 e. The Balaban J connectivity index is 2.65. The zero-order chi connectivity index (χ0) is 11.3. The van der Waals surface area contributed by atoms with E-state index < -0.39 is 0 Å². The fraction of sp³-hybridized carbons (Fsp3) is 0.417. The summed E-state index contributed by atoms with van der Waals surface area (Å²) in [5.41, 5.74) is 0.492. The summed E-state index contributed by atoms with van der Waals surface area (Å²) in [6.07, 6.45) is 0.980. The van der Waals surface area contributed by atoms with Gasteiger partial charge < -0.3 is 4.74 Å². The van der Waals surface area contributed by atoms with Crippen molar-refractivity contribution in [1.29, 1.82) is 5.26 Å². The maximum atomic E-state index is 8.86. The Morgan fingerprint density at radius 2 is 2.20 bits per heavy atom. The topological polar surface area (TPSA) is 33.0 Å². The molecule has 0 aromatic heterocycles. The van der Waals surface area contributed by atoms with Crippen molar-refractivity contribution in [2.24, 2.45) is 5.92 Å². The van der Waals surface area contributed by atoms with E-state index in [9.17, 15) is 0 Å². The zero-order valence-electron chi connectivity index (χ0n) is 8.96. The van der Waals surface area contributed by atoms with Gasteiger partial charge >= 0.3 is 0 Å². The first kappa shape index (κ1) is 11.9. The van der Waals surface area contributed by atoms with Crippen LogP contribution in [0.1, 0.15) is 25.8 Å². The van der Waals surface area contributed by atoms with Crippen LogP contribution in [-0.2, 0) is 0 Å². The third kappa shape index (κ3) is 3.81. The van der Waals surface area contributed by atoms with Gasteiger partial charge in [-0.2, -0.15) is 5.26 Å². The molecular weight excluding hydrogens is 210 g/mol. The summed E-state index contributed by atoms with van der Waals surface area (Å²) in [5, 5.41) is 9.42. The van der Waals surface area contributed by atoms with Gasteiger partial charge in [0.15, 0.2) is 0 Å². The van der Waals surface area contributed by atoms with Crippen LogP contribution in [0.5, 0.6) is 5.75 Å². The molecule has 2 nitrogen and oxygen atoms in total. The van der Waals surface area contributed by atoms with Crippen molar-refractivity contribution in [3.05, 3.63) is 28.8 Å².